The first-order valence-electron chi connectivity index (χ1n) is 4.58. The molecule has 3 rings (SSSR count). The van der Waals surface area contributed by atoms with Crippen molar-refractivity contribution in [3.63, 3.8) is 0 Å². The van der Waals surface area contributed by atoms with Crippen LogP contribution in [0.3, 0.4) is 0 Å². The zero-order chi connectivity index (χ0) is 8.67. The van der Waals surface area contributed by atoms with Crippen LogP contribution >= 0.6 is 0 Å². The molecule has 0 unspecified atom stereocenters. The van der Waals surface area contributed by atoms with E-state index in [0.717, 1.165) is 13.0 Å². The van der Waals surface area contributed by atoms with Crippen molar-refractivity contribution < 1.29 is 4.74 Å². The normalized spacial score (nSPS) is 24.0. The van der Waals surface area contributed by atoms with Gasteiger partial charge in [-0.05, 0) is 12.0 Å². The SMILES string of the molecule is C1=CC2=C3C(=COCN3CC=C2)C1. The fourth-order valence-electron chi connectivity index (χ4n) is 2.04. The highest BCUT2D eigenvalue weighted by Gasteiger charge is 2.23. The standard InChI is InChI=1S/C11H11NO/c1-3-9-5-2-6-12-8-13-7-10(4-1)11(9)12/h1-3,5,7H,4,6,8H2. The van der Waals surface area contributed by atoms with Gasteiger partial charge < -0.3 is 9.64 Å². The minimum absolute atomic E-state index is 0.695. The van der Waals surface area contributed by atoms with E-state index in [0.29, 0.717) is 6.73 Å². The van der Waals surface area contributed by atoms with Gasteiger partial charge in [-0.15, -0.1) is 0 Å². The van der Waals surface area contributed by atoms with E-state index in [-0.39, 0.29) is 0 Å². The molecule has 2 heterocycles. The molecule has 0 bridgehead atoms. The molecule has 0 aromatic heterocycles. The molecule has 2 nitrogen and oxygen atoms in total. The number of ether oxygens (including phenoxy) is 1. The van der Waals surface area contributed by atoms with E-state index in [2.05, 4.69) is 29.2 Å². The highest BCUT2D eigenvalue weighted by molar-refractivity contribution is 5.51. The minimum Gasteiger partial charge on any atom is -0.480 e. The molecule has 0 N–H and O–H groups in total. The summed E-state index contributed by atoms with van der Waals surface area (Å²) in [7, 11) is 0. The third-order valence-electron chi connectivity index (χ3n) is 2.61. The van der Waals surface area contributed by atoms with E-state index in [1.54, 1.807) is 0 Å². The van der Waals surface area contributed by atoms with E-state index in [1.807, 2.05) is 6.26 Å². The average molecular weight is 173 g/mol. The van der Waals surface area contributed by atoms with Crippen LogP contribution in [-0.2, 0) is 4.74 Å². The molecule has 0 aromatic carbocycles. The fourth-order valence-corrected chi connectivity index (χ4v) is 2.04. The summed E-state index contributed by atoms with van der Waals surface area (Å²) in [6.07, 6.45) is 11.7. The monoisotopic (exact) mass is 173 g/mol. The molecule has 3 aliphatic rings. The maximum Gasteiger partial charge on any atom is 0.160 e. The van der Waals surface area contributed by atoms with Crippen molar-refractivity contribution in [2.24, 2.45) is 0 Å². The quantitative estimate of drug-likeness (QED) is 0.555. The first-order valence-corrected chi connectivity index (χ1v) is 4.58. The van der Waals surface area contributed by atoms with E-state index in [4.69, 9.17) is 4.74 Å². The second-order valence-corrected chi connectivity index (χ2v) is 3.47. The van der Waals surface area contributed by atoms with E-state index >= 15 is 0 Å². The number of hydrogen-bond donors (Lipinski definition) is 0. The highest BCUT2D eigenvalue weighted by Crippen LogP contribution is 2.33. The van der Waals surface area contributed by atoms with E-state index in [9.17, 15) is 0 Å². The summed E-state index contributed by atoms with van der Waals surface area (Å²) in [4.78, 5) is 2.27. The Morgan fingerprint density at radius 1 is 1.23 bits per heavy atom. The van der Waals surface area contributed by atoms with Gasteiger partial charge in [0.2, 0.25) is 0 Å². The Morgan fingerprint density at radius 2 is 2.15 bits per heavy atom. The molecule has 13 heavy (non-hydrogen) atoms. The molecule has 0 radical (unpaired) electrons. The van der Waals surface area contributed by atoms with Crippen LogP contribution in [-0.4, -0.2) is 18.2 Å². The van der Waals surface area contributed by atoms with Gasteiger partial charge in [-0.1, -0.05) is 24.3 Å². The summed E-state index contributed by atoms with van der Waals surface area (Å²) in [5, 5.41) is 0. The summed E-state index contributed by atoms with van der Waals surface area (Å²) in [6, 6.07) is 0. The molecule has 0 atom stereocenters. The van der Waals surface area contributed by atoms with Crippen LogP contribution in [0.25, 0.3) is 0 Å². The zero-order valence-corrected chi connectivity index (χ0v) is 7.36. The topological polar surface area (TPSA) is 12.5 Å². The maximum absolute atomic E-state index is 5.39. The number of allylic oxidation sites excluding steroid dienone is 5. The Balaban J connectivity index is 2.17. The largest absolute Gasteiger partial charge is 0.480 e. The summed E-state index contributed by atoms with van der Waals surface area (Å²) >= 11 is 0. The second-order valence-electron chi connectivity index (χ2n) is 3.47. The van der Waals surface area contributed by atoms with Crippen LogP contribution in [0.5, 0.6) is 0 Å². The van der Waals surface area contributed by atoms with Gasteiger partial charge in [0.15, 0.2) is 6.73 Å². The Bertz CT molecular complexity index is 356. The van der Waals surface area contributed by atoms with Crippen LogP contribution in [0.2, 0.25) is 0 Å². The lowest BCUT2D eigenvalue weighted by atomic mass is 9.95. The zero-order valence-electron chi connectivity index (χ0n) is 7.36. The Morgan fingerprint density at radius 3 is 3.15 bits per heavy atom. The van der Waals surface area contributed by atoms with Crippen LogP contribution in [0.1, 0.15) is 6.42 Å². The van der Waals surface area contributed by atoms with Gasteiger partial charge in [-0.3, -0.25) is 0 Å². The van der Waals surface area contributed by atoms with Gasteiger partial charge in [0.25, 0.3) is 0 Å². The smallest absolute Gasteiger partial charge is 0.160 e. The van der Waals surface area contributed by atoms with Crippen molar-refractivity contribution in [2.45, 2.75) is 6.42 Å². The molecule has 2 aliphatic heterocycles. The van der Waals surface area contributed by atoms with E-state index < -0.39 is 0 Å². The second kappa shape index (κ2) is 2.52. The molecule has 66 valence electrons. The molecule has 0 amide bonds. The molecule has 0 spiro atoms. The van der Waals surface area contributed by atoms with Gasteiger partial charge in [0, 0.05) is 12.1 Å². The molecular formula is C11H11NO. The van der Waals surface area contributed by atoms with Gasteiger partial charge in [-0.2, -0.15) is 0 Å². The highest BCUT2D eigenvalue weighted by atomic mass is 16.5. The summed E-state index contributed by atoms with van der Waals surface area (Å²) in [5.41, 5.74) is 4.01. The Hall–Kier alpha value is -1.44. The molecule has 1 aliphatic carbocycles. The Kier molecular flexibility index (Phi) is 1.36. The van der Waals surface area contributed by atoms with Gasteiger partial charge in [-0.25, -0.2) is 0 Å². The first kappa shape index (κ1) is 7.01. The van der Waals surface area contributed by atoms with Gasteiger partial charge in [0.1, 0.15) is 0 Å². The van der Waals surface area contributed by atoms with Crippen LogP contribution in [0.15, 0.2) is 47.4 Å². The maximum atomic E-state index is 5.39. The third kappa shape index (κ3) is 0.949. The molecule has 2 heteroatoms. The molecule has 0 aromatic rings. The lowest BCUT2D eigenvalue weighted by molar-refractivity contribution is 0.109. The third-order valence-corrected chi connectivity index (χ3v) is 2.61. The van der Waals surface area contributed by atoms with Crippen LogP contribution in [0, 0.1) is 0 Å². The van der Waals surface area contributed by atoms with Crippen molar-refractivity contribution in [1.82, 2.24) is 4.90 Å². The van der Waals surface area contributed by atoms with Gasteiger partial charge >= 0.3 is 0 Å². The van der Waals surface area contributed by atoms with Crippen LogP contribution in [0.4, 0.5) is 0 Å². The lowest BCUT2D eigenvalue weighted by Gasteiger charge is -2.35. The minimum atomic E-state index is 0.695. The summed E-state index contributed by atoms with van der Waals surface area (Å²) in [6.45, 7) is 1.67. The lowest BCUT2D eigenvalue weighted by Crippen LogP contribution is -2.32. The van der Waals surface area contributed by atoms with Crippen molar-refractivity contribution in [1.29, 1.82) is 0 Å². The molecule has 0 saturated carbocycles. The number of hydrogen-bond acceptors (Lipinski definition) is 2. The van der Waals surface area contributed by atoms with Crippen molar-refractivity contribution >= 4 is 0 Å². The van der Waals surface area contributed by atoms with Crippen LogP contribution < -0.4 is 0 Å². The average Bonchev–Trinajstić information content (AvgIpc) is 2.19. The van der Waals surface area contributed by atoms with Crippen molar-refractivity contribution in [2.75, 3.05) is 13.3 Å². The predicted molar refractivity (Wildman–Crippen MR) is 50.7 cm³/mol. The molecular weight excluding hydrogens is 162 g/mol. The summed E-state index contributed by atoms with van der Waals surface area (Å²) < 4.78 is 5.39. The van der Waals surface area contributed by atoms with E-state index in [1.165, 1.54) is 16.8 Å². The molecule has 0 saturated heterocycles. The predicted octanol–water partition coefficient (Wildman–Crippen LogP) is 1.94. The first-order chi connectivity index (χ1) is 6.45. The number of nitrogens with zero attached hydrogens (tertiary/aromatic N) is 1. The van der Waals surface area contributed by atoms with Gasteiger partial charge in [0.05, 0.1) is 12.0 Å². The Labute approximate surface area is 77.5 Å². The van der Waals surface area contributed by atoms with Crippen molar-refractivity contribution in [3.8, 4) is 0 Å². The summed E-state index contributed by atoms with van der Waals surface area (Å²) in [5.74, 6) is 0. The number of rotatable bonds is 0. The van der Waals surface area contributed by atoms with Crippen molar-refractivity contribution in [3.05, 3.63) is 47.4 Å². The fraction of sp³-hybridized carbons (Fsp3) is 0.273. The molecule has 0 fully saturated rings.